The zero-order chi connectivity index (χ0) is 16.0. The molecule has 4 rings (SSSR count). The van der Waals surface area contributed by atoms with Gasteiger partial charge in [0.2, 0.25) is 5.91 Å². The number of hydrogen-bond acceptors (Lipinski definition) is 4. The normalized spacial score (nSPS) is 26.7. The lowest BCUT2D eigenvalue weighted by molar-refractivity contribution is -0.137. The van der Waals surface area contributed by atoms with E-state index in [4.69, 9.17) is 0 Å². The average molecular weight is 312 g/mol. The summed E-state index contributed by atoms with van der Waals surface area (Å²) in [5, 5.41) is 5.49. The first-order valence-corrected chi connectivity index (χ1v) is 8.22. The highest BCUT2D eigenvalue weighted by atomic mass is 16.2. The van der Waals surface area contributed by atoms with Crippen molar-refractivity contribution in [1.29, 1.82) is 0 Å². The number of fused-ring (bicyclic) bond motifs is 2. The highest BCUT2D eigenvalue weighted by Gasteiger charge is 2.45. The Labute approximate surface area is 134 Å². The first kappa shape index (κ1) is 14.4. The Balaban J connectivity index is 1.62. The van der Waals surface area contributed by atoms with Crippen LogP contribution in [0.2, 0.25) is 0 Å². The molecule has 0 bridgehead atoms. The summed E-state index contributed by atoms with van der Waals surface area (Å²) in [7, 11) is 0. The van der Waals surface area contributed by atoms with Crippen LogP contribution in [0.25, 0.3) is 10.9 Å². The maximum Gasteiger partial charge on any atom is 0.245 e. The number of nitrogens with zero attached hydrogens (tertiary/aromatic N) is 4. The molecule has 6 nitrogen and oxygen atoms in total. The minimum Gasteiger partial charge on any atom is -0.328 e. The molecule has 0 spiro atoms. The summed E-state index contributed by atoms with van der Waals surface area (Å²) in [5.41, 5.74) is 1.76. The van der Waals surface area contributed by atoms with Crippen molar-refractivity contribution >= 4 is 23.1 Å². The van der Waals surface area contributed by atoms with Crippen LogP contribution in [0, 0.1) is 12.8 Å². The summed E-state index contributed by atoms with van der Waals surface area (Å²) in [6, 6.07) is 1.88. The number of aromatic nitrogens is 3. The monoisotopic (exact) mass is 312 g/mol. The van der Waals surface area contributed by atoms with Crippen molar-refractivity contribution in [1.82, 2.24) is 19.7 Å². The highest BCUT2D eigenvalue weighted by molar-refractivity contribution is 5.85. The van der Waals surface area contributed by atoms with Gasteiger partial charge in [0.25, 0.3) is 0 Å². The van der Waals surface area contributed by atoms with E-state index >= 15 is 0 Å². The first-order valence-electron chi connectivity index (χ1n) is 8.22. The van der Waals surface area contributed by atoms with Crippen LogP contribution in [0.3, 0.4) is 0 Å². The summed E-state index contributed by atoms with van der Waals surface area (Å²) < 4.78 is 1.71. The molecule has 1 aliphatic heterocycles. The van der Waals surface area contributed by atoms with Gasteiger partial charge in [0.1, 0.15) is 12.8 Å². The molecular formula is C17H20N4O2. The van der Waals surface area contributed by atoms with E-state index in [0.29, 0.717) is 5.92 Å². The Kier molecular flexibility index (Phi) is 3.39. The largest absolute Gasteiger partial charge is 0.328 e. The van der Waals surface area contributed by atoms with Crippen molar-refractivity contribution < 1.29 is 9.59 Å². The van der Waals surface area contributed by atoms with Crippen molar-refractivity contribution in [2.24, 2.45) is 5.92 Å². The van der Waals surface area contributed by atoms with Gasteiger partial charge >= 0.3 is 0 Å². The summed E-state index contributed by atoms with van der Waals surface area (Å²) in [6.07, 6.45) is 8.52. The van der Waals surface area contributed by atoms with Crippen molar-refractivity contribution in [3.8, 4) is 0 Å². The summed E-state index contributed by atoms with van der Waals surface area (Å²) >= 11 is 0. The Hall–Kier alpha value is -2.24. The number of rotatable bonds is 3. The van der Waals surface area contributed by atoms with Gasteiger partial charge in [-0.05, 0) is 38.2 Å². The number of aryl methyl sites for hydroxylation is 1. The molecule has 2 aromatic heterocycles. The topological polar surface area (TPSA) is 68.1 Å². The van der Waals surface area contributed by atoms with E-state index in [0.717, 1.165) is 48.6 Å². The molecule has 1 saturated heterocycles. The van der Waals surface area contributed by atoms with E-state index in [9.17, 15) is 9.59 Å². The Morgan fingerprint density at radius 1 is 1.43 bits per heavy atom. The highest BCUT2D eigenvalue weighted by Crippen LogP contribution is 2.40. The molecule has 2 fully saturated rings. The summed E-state index contributed by atoms with van der Waals surface area (Å²) in [6.45, 7) is 2.10. The third kappa shape index (κ3) is 2.24. The van der Waals surface area contributed by atoms with Crippen molar-refractivity contribution in [3.05, 3.63) is 24.2 Å². The van der Waals surface area contributed by atoms with Gasteiger partial charge in [0.05, 0.1) is 23.4 Å². The van der Waals surface area contributed by atoms with Gasteiger partial charge in [0.15, 0.2) is 0 Å². The molecule has 0 aromatic carbocycles. The maximum absolute atomic E-state index is 12.9. The van der Waals surface area contributed by atoms with Gasteiger partial charge in [-0.3, -0.25) is 14.5 Å². The molecule has 6 heteroatoms. The second kappa shape index (κ2) is 5.44. The van der Waals surface area contributed by atoms with Crippen LogP contribution >= 0.6 is 0 Å². The van der Waals surface area contributed by atoms with Crippen molar-refractivity contribution in [2.45, 2.75) is 51.2 Å². The molecule has 3 atom stereocenters. The van der Waals surface area contributed by atoms with Crippen LogP contribution in [0.15, 0.2) is 18.5 Å². The predicted molar refractivity (Wildman–Crippen MR) is 84.7 cm³/mol. The van der Waals surface area contributed by atoms with Crippen LogP contribution in [-0.4, -0.2) is 43.9 Å². The molecule has 1 saturated carbocycles. The second-order valence-electron chi connectivity index (χ2n) is 6.63. The number of amides is 1. The van der Waals surface area contributed by atoms with E-state index in [2.05, 4.69) is 10.1 Å². The molecule has 0 radical (unpaired) electrons. The van der Waals surface area contributed by atoms with Crippen LogP contribution in [0.5, 0.6) is 0 Å². The molecule has 120 valence electrons. The molecule has 23 heavy (non-hydrogen) atoms. The second-order valence-corrected chi connectivity index (χ2v) is 6.63. The number of carbonyl (C=O) groups is 2. The molecule has 1 amide bonds. The molecular weight excluding hydrogens is 292 g/mol. The number of hydrogen-bond donors (Lipinski definition) is 0. The average Bonchev–Trinajstić information content (AvgIpc) is 3.21. The van der Waals surface area contributed by atoms with Gasteiger partial charge < -0.3 is 9.69 Å². The third-order valence-corrected chi connectivity index (χ3v) is 5.35. The Morgan fingerprint density at radius 2 is 2.30 bits per heavy atom. The number of carbonyl (C=O) groups excluding carboxylic acids is 2. The van der Waals surface area contributed by atoms with Crippen molar-refractivity contribution in [2.75, 3.05) is 0 Å². The SMILES string of the molecule is Cc1nn(CC(=O)N2C(C=O)CC3CCCC32)c2cnccc12. The maximum atomic E-state index is 12.9. The lowest BCUT2D eigenvalue weighted by atomic mass is 10.0. The van der Waals surface area contributed by atoms with E-state index < -0.39 is 0 Å². The molecule has 2 aliphatic rings. The van der Waals surface area contributed by atoms with Gasteiger partial charge in [-0.25, -0.2) is 0 Å². The molecule has 0 N–H and O–H groups in total. The zero-order valence-corrected chi connectivity index (χ0v) is 13.2. The first-order chi connectivity index (χ1) is 11.2. The minimum absolute atomic E-state index is 0.00949. The number of pyridine rings is 1. The minimum atomic E-state index is -0.265. The summed E-state index contributed by atoms with van der Waals surface area (Å²) in [4.78, 5) is 30.2. The molecule has 3 heterocycles. The van der Waals surface area contributed by atoms with Crippen molar-refractivity contribution in [3.63, 3.8) is 0 Å². The molecule has 3 unspecified atom stereocenters. The van der Waals surface area contributed by atoms with Crippen LogP contribution < -0.4 is 0 Å². The quantitative estimate of drug-likeness (QED) is 0.809. The predicted octanol–water partition coefficient (Wildman–Crippen LogP) is 1.71. The zero-order valence-electron chi connectivity index (χ0n) is 13.2. The van der Waals surface area contributed by atoms with Crippen LogP contribution in [0.4, 0.5) is 0 Å². The van der Waals surface area contributed by atoms with Crippen LogP contribution in [0.1, 0.15) is 31.4 Å². The number of aldehydes is 1. The fourth-order valence-electron chi connectivity index (χ4n) is 4.34. The lowest BCUT2D eigenvalue weighted by Gasteiger charge is -2.27. The van der Waals surface area contributed by atoms with E-state index in [1.165, 1.54) is 0 Å². The van der Waals surface area contributed by atoms with Gasteiger partial charge in [0, 0.05) is 17.6 Å². The Morgan fingerprint density at radius 3 is 3.13 bits per heavy atom. The van der Waals surface area contributed by atoms with Crippen LogP contribution in [-0.2, 0) is 16.1 Å². The third-order valence-electron chi connectivity index (χ3n) is 5.35. The standard InChI is InChI=1S/C17H20N4O2/c1-11-14-5-6-18-8-16(14)20(19-11)9-17(23)21-13(10-22)7-12-3-2-4-15(12)21/h5-6,8,10,12-13,15H,2-4,7,9H2,1H3. The van der Waals surface area contributed by atoms with Gasteiger partial charge in [-0.2, -0.15) is 5.10 Å². The number of likely N-dealkylation sites (tertiary alicyclic amines) is 1. The van der Waals surface area contributed by atoms with E-state index in [1.54, 1.807) is 17.1 Å². The molecule has 2 aromatic rings. The lowest BCUT2D eigenvalue weighted by Crippen LogP contribution is -2.43. The summed E-state index contributed by atoms with van der Waals surface area (Å²) in [5.74, 6) is 0.483. The molecule has 1 aliphatic carbocycles. The van der Waals surface area contributed by atoms with E-state index in [1.807, 2.05) is 17.9 Å². The fraction of sp³-hybridized carbons (Fsp3) is 0.529. The fourth-order valence-corrected chi connectivity index (χ4v) is 4.34. The van der Waals surface area contributed by atoms with Gasteiger partial charge in [-0.15, -0.1) is 0 Å². The van der Waals surface area contributed by atoms with Gasteiger partial charge in [-0.1, -0.05) is 6.42 Å². The van der Waals surface area contributed by atoms with E-state index in [-0.39, 0.29) is 24.5 Å². The Bertz CT molecular complexity index is 769. The smallest absolute Gasteiger partial charge is 0.245 e.